The summed E-state index contributed by atoms with van der Waals surface area (Å²) in [5.41, 5.74) is 0.984. The summed E-state index contributed by atoms with van der Waals surface area (Å²) in [6, 6.07) is 9.69. The number of hydrogen-bond acceptors (Lipinski definition) is 3. The van der Waals surface area contributed by atoms with Crippen molar-refractivity contribution in [3.05, 3.63) is 48.0 Å². The zero-order valence-electron chi connectivity index (χ0n) is 10.9. The second-order valence-electron chi connectivity index (χ2n) is 4.55. The zero-order valence-corrected chi connectivity index (χ0v) is 10.9. The highest BCUT2D eigenvalue weighted by Gasteiger charge is 2.27. The highest BCUT2D eigenvalue weighted by Crippen LogP contribution is 2.19. The predicted molar refractivity (Wildman–Crippen MR) is 72.6 cm³/mol. The smallest absolute Gasteiger partial charge is 0.410 e. The number of aliphatic hydroxyl groups is 1. The van der Waals surface area contributed by atoms with Crippen molar-refractivity contribution in [3.8, 4) is 0 Å². The van der Waals surface area contributed by atoms with E-state index in [9.17, 15) is 4.79 Å². The molecule has 2 rings (SSSR count). The minimum absolute atomic E-state index is 0.00338. The van der Waals surface area contributed by atoms with Crippen LogP contribution in [0, 0.1) is 0 Å². The van der Waals surface area contributed by atoms with Crippen LogP contribution in [0.1, 0.15) is 18.4 Å². The molecule has 1 fully saturated rings. The molecule has 4 heteroatoms. The molecular formula is C15H19NO3. The van der Waals surface area contributed by atoms with Crippen molar-refractivity contribution in [2.75, 3.05) is 13.2 Å². The van der Waals surface area contributed by atoms with Crippen molar-refractivity contribution >= 4 is 6.09 Å². The Hall–Kier alpha value is -1.81. The van der Waals surface area contributed by atoms with Crippen LogP contribution in [0.25, 0.3) is 0 Å². The quantitative estimate of drug-likeness (QED) is 0.846. The lowest BCUT2D eigenvalue weighted by molar-refractivity contribution is 0.0974. The van der Waals surface area contributed by atoms with Crippen LogP contribution >= 0.6 is 0 Å². The number of likely N-dealkylation sites (tertiary alicyclic amines) is 1. The van der Waals surface area contributed by atoms with Gasteiger partial charge in [0.2, 0.25) is 0 Å². The first-order valence-electron chi connectivity index (χ1n) is 6.56. The Balaban J connectivity index is 1.87. The fourth-order valence-electron chi connectivity index (χ4n) is 2.24. The number of hydrogen-bond donors (Lipinski definition) is 1. The molecule has 1 unspecified atom stereocenters. The summed E-state index contributed by atoms with van der Waals surface area (Å²) >= 11 is 0. The molecule has 4 nitrogen and oxygen atoms in total. The number of carbonyl (C=O) groups excluding carboxylic acids is 1. The van der Waals surface area contributed by atoms with Gasteiger partial charge < -0.3 is 14.7 Å². The fraction of sp³-hybridized carbons (Fsp3) is 0.400. The third-order valence-corrected chi connectivity index (χ3v) is 3.20. The molecule has 0 aliphatic carbocycles. The van der Waals surface area contributed by atoms with Gasteiger partial charge in [-0.1, -0.05) is 42.5 Å². The van der Waals surface area contributed by atoms with Gasteiger partial charge in [-0.25, -0.2) is 4.79 Å². The van der Waals surface area contributed by atoms with Gasteiger partial charge in [0.05, 0.1) is 12.6 Å². The molecule has 1 aromatic rings. The largest absolute Gasteiger partial charge is 0.445 e. The standard InChI is InChI=1S/C15H19NO3/c17-11-5-9-14-8-4-10-16(14)15(18)19-12-13-6-2-1-3-7-13/h1-3,5-7,9,14,17H,4,8,10-12H2/b9-5+. The summed E-state index contributed by atoms with van der Waals surface area (Å²) in [7, 11) is 0. The van der Waals surface area contributed by atoms with Crippen LogP contribution in [0.3, 0.4) is 0 Å². The molecule has 0 spiro atoms. The van der Waals surface area contributed by atoms with E-state index in [1.54, 1.807) is 11.0 Å². The Bertz CT molecular complexity index is 430. The van der Waals surface area contributed by atoms with Gasteiger partial charge in [0, 0.05) is 6.54 Å². The molecule has 1 heterocycles. The Morgan fingerprint density at radius 1 is 1.42 bits per heavy atom. The molecule has 0 saturated carbocycles. The average Bonchev–Trinajstić information content (AvgIpc) is 2.92. The molecule has 1 N–H and O–H groups in total. The summed E-state index contributed by atoms with van der Waals surface area (Å²) in [6.07, 6.45) is 5.16. The van der Waals surface area contributed by atoms with Crippen LogP contribution in [0.15, 0.2) is 42.5 Å². The van der Waals surface area contributed by atoms with E-state index < -0.39 is 0 Å². The number of aliphatic hydroxyl groups excluding tert-OH is 1. The molecule has 1 aliphatic rings. The number of nitrogens with zero attached hydrogens (tertiary/aromatic N) is 1. The Morgan fingerprint density at radius 3 is 2.95 bits per heavy atom. The van der Waals surface area contributed by atoms with Crippen LogP contribution in [0.5, 0.6) is 0 Å². The number of ether oxygens (including phenoxy) is 1. The molecule has 1 amide bonds. The van der Waals surface area contributed by atoms with E-state index >= 15 is 0 Å². The molecule has 102 valence electrons. The number of benzene rings is 1. The molecular weight excluding hydrogens is 242 g/mol. The normalized spacial score (nSPS) is 19.0. The first-order valence-corrected chi connectivity index (χ1v) is 6.56. The van der Waals surface area contributed by atoms with Crippen LogP contribution in [-0.2, 0) is 11.3 Å². The molecule has 1 aliphatic heterocycles. The van der Waals surface area contributed by atoms with Gasteiger partial charge >= 0.3 is 6.09 Å². The monoisotopic (exact) mass is 261 g/mol. The second kappa shape index (κ2) is 6.95. The lowest BCUT2D eigenvalue weighted by Gasteiger charge is -2.21. The molecule has 1 aromatic carbocycles. The van der Waals surface area contributed by atoms with Crippen molar-refractivity contribution in [2.24, 2.45) is 0 Å². The second-order valence-corrected chi connectivity index (χ2v) is 4.55. The van der Waals surface area contributed by atoms with Gasteiger partial charge in [-0.15, -0.1) is 0 Å². The Morgan fingerprint density at radius 2 is 2.21 bits per heavy atom. The molecule has 19 heavy (non-hydrogen) atoms. The maximum Gasteiger partial charge on any atom is 0.410 e. The van der Waals surface area contributed by atoms with Crippen LogP contribution in [-0.4, -0.2) is 35.3 Å². The lowest BCUT2D eigenvalue weighted by atomic mass is 10.2. The van der Waals surface area contributed by atoms with Crippen molar-refractivity contribution in [2.45, 2.75) is 25.5 Å². The van der Waals surface area contributed by atoms with Gasteiger partial charge in [-0.05, 0) is 18.4 Å². The Kier molecular flexibility index (Phi) is 4.98. The van der Waals surface area contributed by atoms with Gasteiger partial charge in [0.1, 0.15) is 6.61 Å². The molecule has 1 saturated heterocycles. The first kappa shape index (κ1) is 13.6. The van der Waals surface area contributed by atoms with Gasteiger partial charge in [-0.3, -0.25) is 0 Å². The van der Waals surface area contributed by atoms with Crippen LogP contribution in [0.2, 0.25) is 0 Å². The Labute approximate surface area is 113 Å². The third-order valence-electron chi connectivity index (χ3n) is 3.20. The summed E-state index contributed by atoms with van der Waals surface area (Å²) in [4.78, 5) is 13.7. The predicted octanol–water partition coefficient (Wildman–Crippen LogP) is 2.34. The van der Waals surface area contributed by atoms with E-state index in [2.05, 4.69) is 0 Å². The van der Waals surface area contributed by atoms with E-state index in [1.165, 1.54) is 0 Å². The van der Waals surface area contributed by atoms with Crippen LogP contribution in [0.4, 0.5) is 4.79 Å². The zero-order chi connectivity index (χ0) is 13.5. The summed E-state index contributed by atoms with van der Waals surface area (Å²) in [5.74, 6) is 0. The van der Waals surface area contributed by atoms with Crippen molar-refractivity contribution < 1.29 is 14.6 Å². The summed E-state index contributed by atoms with van der Waals surface area (Å²) < 4.78 is 5.31. The van der Waals surface area contributed by atoms with E-state index in [0.29, 0.717) is 13.2 Å². The minimum Gasteiger partial charge on any atom is -0.445 e. The maximum atomic E-state index is 12.0. The fourth-order valence-corrected chi connectivity index (χ4v) is 2.24. The summed E-state index contributed by atoms with van der Waals surface area (Å²) in [6.45, 7) is 1.02. The van der Waals surface area contributed by atoms with Gasteiger partial charge in [0.15, 0.2) is 0 Å². The van der Waals surface area contributed by atoms with E-state index in [0.717, 1.165) is 18.4 Å². The van der Waals surface area contributed by atoms with Crippen molar-refractivity contribution in [3.63, 3.8) is 0 Å². The lowest BCUT2D eigenvalue weighted by Crippen LogP contribution is -2.34. The number of carbonyl (C=O) groups is 1. The first-order chi connectivity index (χ1) is 9.31. The maximum absolute atomic E-state index is 12.0. The van der Waals surface area contributed by atoms with Gasteiger partial charge in [0.25, 0.3) is 0 Å². The van der Waals surface area contributed by atoms with Crippen molar-refractivity contribution in [1.82, 2.24) is 4.90 Å². The van der Waals surface area contributed by atoms with E-state index in [1.807, 2.05) is 36.4 Å². The van der Waals surface area contributed by atoms with E-state index in [-0.39, 0.29) is 18.7 Å². The highest BCUT2D eigenvalue weighted by atomic mass is 16.6. The molecule has 1 atom stereocenters. The van der Waals surface area contributed by atoms with E-state index in [4.69, 9.17) is 9.84 Å². The average molecular weight is 261 g/mol. The summed E-state index contributed by atoms with van der Waals surface area (Å²) in [5, 5.41) is 8.78. The van der Waals surface area contributed by atoms with Gasteiger partial charge in [-0.2, -0.15) is 0 Å². The third kappa shape index (κ3) is 3.83. The SMILES string of the molecule is O=C(OCc1ccccc1)N1CCCC1/C=C/CO. The molecule has 0 aromatic heterocycles. The molecule has 0 bridgehead atoms. The van der Waals surface area contributed by atoms with Crippen LogP contribution < -0.4 is 0 Å². The minimum atomic E-state index is -0.283. The van der Waals surface area contributed by atoms with Crippen molar-refractivity contribution in [1.29, 1.82) is 0 Å². The topological polar surface area (TPSA) is 49.8 Å². The number of rotatable bonds is 4. The molecule has 0 radical (unpaired) electrons. The highest BCUT2D eigenvalue weighted by molar-refractivity contribution is 5.68. The number of amides is 1.